The molecule has 6 heteroatoms. The summed E-state index contributed by atoms with van der Waals surface area (Å²) in [6, 6.07) is 0. The smallest absolute Gasteiger partial charge is 0.306 e. The van der Waals surface area contributed by atoms with E-state index in [1.54, 1.807) is 0 Å². The Morgan fingerprint density at radius 1 is 0.253 bits per heavy atom. The normalized spacial score (nSPS) is 13.1. The van der Waals surface area contributed by atoms with Crippen molar-refractivity contribution in [2.24, 2.45) is 0 Å². The molecule has 0 aromatic carbocycles. The lowest BCUT2D eigenvalue weighted by Gasteiger charge is -2.18. The van der Waals surface area contributed by atoms with Crippen molar-refractivity contribution in [1.82, 2.24) is 0 Å². The molecule has 0 fully saturated rings. The molecule has 0 heterocycles. The van der Waals surface area contributed by atoms with Gasteiger partial charge >= 0.3 is 17.9 Å². The first kappa shape index (κ1) is 78.0. The average Bonchev–Trinajstić information content (AvgIpc) is 3.49. The molecule has 0 radical (unpaired) electrons. The summed E-state index contributed by atoms with van der Waals surface area (Å²) in [6.07, 6.45) is 101. The van der Waals surface area contributed by atoms with Gasteiger partial charge in [-0.05, 0) is 148 Å². The van der Waals surface area contributed by atoms with Crippen molar-refractivity contribution < 1.29 is 28.6 Å². The predicted octanol–water partition coefficient (Wildman–Crippen LogP) is 23.7. The number of hydrogen-bond acceptors (Lipinski definition) is 6. The lowest BCUT2D eigenvalue weighted by Crippen LogP contribution is -2.30. The summed E-state index contributed by atoms with van der Waals surface area (Å²) in [5.41, 5.74) is 0. The van der Waals surface area contributed by atoms with Crippen LogP contribution in [0.4, 0.5) is 0 Å². The molecule has 0 aromatic heterocycles. The van der Waals surface area contributed by atoms with Crippen LogP contribution in [0.2, 0.25) is 0 Å². The molecule has 0 spiro atoms. The molecule has 0 aromatic rings. The summed E-state index contributed by atoms with van der Waals surface area (Å²) in [6.45, 7) is 6.38. The molecular formula is C77H124O6. The fourth-order valence-electron chi connectivity index (χ4n) is 8.97. The van der Waals surface area contributed by atoms with Crippen molar-refractivity contribution in [3.63, 3.8) is 0 Å². The predicted molar refractivity (Wildman–Crippen MR) is 362 cm³/mol. The second-order valence-electron chi connectivity index (χ2n) is 22.0. The third-order valence-electron chi connectivity index (χ3n) is 14.0. The molecule has 0 amide bonds. The summed E-state index contributed by atoms with van der Waals surface area (Å²) in [5.74, 6) is -0.941. The van der Waals surface area contributed by atoms with E-state index in [2.05, 4.69) is 179 Å². The van der Waals surface area contributed by atoms with E-state index in [1.165, 1.54) is 77.0 Å². The molecule has 0 saturated heterocycles. The standard InChI is InChI=1S/C77H124O6/c1-4-7-10-13-16-19-22-25-28-31-33-35-36-37-38-39-40-42-43-46-49-52-55-58-61-64-67-70-76(79)82-73-74(72-81-75(78)69-66-63-60-57-54-51-48-45-30-27-24-21-18-15-12-9-6-3)83-77(80)71-68-65-62-59-56-53-50-47-44-41-34-32-29-26-23-20-17-14-11-8-5-2/h7,9-10,12,16,18-19,21,23,25-28,30,32-35,37-38,40,42,44,46-47,49,74H,4-6,8,11,13-15,17,20,22,24,29,31,36,39,41,43,45,48,50-73H2,1-3H3/b10-7-,12-9-,19-16-,21-18-,26-23-,28-25-,30-27-,34-32-,35-33-,38-37-,42-40-,47-44-,49-46-. The van der Waals surface area contributed by atoms with Crippen molar-refractivity contribution >= 4 is 17.9 Å². The van der Waals surface area contributed by atoms with E-state index in [-0.39, 0.29) is 31.1 Å². The maximum atomic E-state index is 13.0. The topological polar surface area (TPSA) is 78.9 Å². The van der Waals surface area contributed by atoms with Crippen LogP contribution in [-0.4, -0.2) is 37.2 Å². The van der Waals surface area contributed by atoms with Gasteiger partial charge in [0.15, 0.2) is 6.10 Å². The number of rotatable bonds is 60. The Hall–Kier alpha value is -4.97. The van der Waals surface area contributed by atoms with Crippen LogP contribution in [0.15, 0.2) is 158 Å². The summed E-state index contributed by atoms with van der Waals surface area (Å²) >= 11 is 0. The van der Waals surface area contributed by atoms with E-state index in [9.17, 15) is 14.4 Å². The Bertz CT molecular complexity index is 1840. The van der Waals surface area contributed by atoms with Gasteiger partial charge in [0.25, 0.3) is 0 Å². The zero-order valence-corrected chi connectivity index (χ0v) is 53.7. The molecule has 0 rings (SSSR count). The van der Waals surface area contributed by atoms with Gasteiger partial charge in [-0.2, -0.15) is 0 Å². The molecule has 0 aliphatic rings. The number of esters is 3. The van der Waals surface area contributed by atoms with E-state index >= 15 is 0 Å². The first-order chi connectivity index (χ1) is 41.0. The van der Waals surface area contributed by atoms with E-state index in [0.717, 1.165) is 173 Å². The van der Waals surface area contributed by atoms with E-state index in [1.807, 2.05) is 0 Å². The zero-order chi connectivity index (χ0) is 59.9. The fourth-order valence-corrected chi connectivity index (χ4v) is 8.97. The largest absolute Gasteiger partial charge is 0.462 e. The van der Waals surface area contributed by atoms with Crippen LogP contribution in [0.1, 0.15) is 290 Å². The number of carbonyl (C=O) groups excluding carboxylic acids is 3. The van der Waals surface area contributed by atoms with Gasteiger partial charge in [-0.25, -0.2) is 0 Å². The van der Waals surface area contributed by atoms with Crippen molar-refractivity contribution in [3.05, 3.63) is 158 Å². The van der Waals surface area contributed by atoms with Crippen LogP contribution in [0, 0.1) is 0 Å². The number of carbonyl (C=O) groups is 3. The second-order valence-corrected chi connectivity index (χ2v) is 22.0. The molecule has 0 aliphatic carbocycles. The zero-order valence-electron chi connectivity index (χ0n) is 53.7. The van der Waals surface area contributed by atoms with Crippen LogP contribution in [-0.2, 0) is 28.6 Å². The molecule has 1 unspecified atom stereocenters. The Morgan fingerprint density at radius 3 is 0.735 bits per heavy atom. The lowest BCUT2D eigenvalue weighted by atomic mass is 10.1. The summed E-state index contributed by atoms with van der Waals surface area (Å²) in [7, 11) is 0. The highest BCUT2D eigenvalue weighted by molar-refractivity contribution is 5.71. The maximum absolute atomic E-state index is 13.0. The SMILES string of the molecule is CC/C=C\C/C=C\C/C=C\C/C=C\C/C=C\C/C=C\C/C=C\CCCCCCCC(=O)OCC(COC(=O)CCCCCCCCC/C=C\C/C=C\C/C=C\CC)OC(=O)CCCCCCCC/C=C\C/C=C\C/C=C\CCCCCCC. The Balaban J connectivity index is 4.48. The Morgan fingerprint density at radius 2 is 0.470 bits per heavy atom. The molecule has 0 bridgehead atoms. The highest BCUT2D eigenvalue weighted by Crippen LogP contribution is 2.15. The Kier molecular flexibility index (Phi) is 65.4. The molecule has 83 heavy (non-hydrogen) atoms. The van der Waals surface area contributed by atoms with Gasteiger partial charge in [0, 0.05) is 19.3 Å². The van der Waals surface area contributed by atoms with E-state index < -0.39 is 6.10 Å². The van der Waals surface area contributed by atoms with Gasteiger partial charge in [0.2, 0.25) is 0 Å². The monoisotopic (exact) mass is 1140 g/mol. The van der Waals surface area contributed by atoms with Crippen LogP contribution < -0.4 is 0 Å². The second kappa shape index (κ2) is 69.5. The van der Waals surface area contributed by atoms with Gasteiger partial charge in [-0.1, -0.05) is 281 Å². The van der Waals surface area contributed by atoms with Gasteiger partial charge in [-0.3, -0.25) is 14.4 Å². The van der Waals surface area contributed by atoms with Crippen LogP contribution >= 0.6 is 0 Å². The minimum Gasteiger partial charge on any atom is -0.462 e. The molecule has 0 saturated carbocycles. The molecule has 0 aliphatic heterocycles. The molecule has 0 N–H and O–H groups in total. The first-order valence-corrected chi connectivity index (χ1v) is 34.0. The maximum Gasteiger partial charge on any atom is 0.306 e. The van der Waals surface area contributed by atoms with Crippen LogP contribution in [0.5, 0.6) is 0 Å². The van der Waals surface area contributed by atoms with Crippen molar-refractivity contribution in [2.75, 3.05) is 13.2 Å². The van der Waals surface area contributed by atoms with E-state index in [0.29, 0.717) is 19.3 Å². The summed E-state index contributed by atoms with van der Waals surface area (Å²) in [4.78, 5) is 38.4. The molecule has 468 valence electrons. The third kappa shape index (κ3) is 67.7. The highest BCUT2D eigenvalue weighted by Gasteiger charge is 2.19. The molecule has 1 atom stereocenters. The fraction of sp³-hybridized carbons (Fsp3) is 0.623. The van der Waals surface area contributed by atoms with Crippen molar-refractivity contribution in [2.45, 2.75) is 297 Å². The van der Waals surface area contributed by atoms with E-state index in [4.69, 9.17) is 14.2 Å². The third-order valence-corrected chi connectivity index (χ3v) is 14.0. The Labute approximate surface area is 511 Å². The molecular weight excluding hydrogens is 1020 g/mol. The number of hydrogen-bond donors (Lipinski definition) is 0. The van der Waals surface area contributed by atoms with Crippen LogP contribution in [0.25, 0.3) is 0 Å². The first-order valence-electron chi connectivity index (χ1n) is 34.0. The minimum absolute atomic E-state index is 0.101. The van der Waals surface area contributed by atoms with Gasteiger partial charge in [0.1, 0.15) is 13.2 Å². The number of allylic oxidation sites excluding steroid dienone is 26. The molecule has 6 nitrogen and oxygen atoms in total. The van der Waals surface area contributed by atoms with Crippen molar-refractivity contribution in [1.29, 1.82) is 0 Å². The van der Waals surface area contributed by atoms with Crippen LogP contribution in [0.3, 0.4) is 0 Å². The summed E-state index contributed by atoms with van der Waals surface area (Å²) < 4.78 is 16.9. The highest BCUT2D eigenvalue weighted by atomic mass is 16.6. The quantitative estimate of drug-likeness (QED) is 0.0261. The summed E-state index contributed by atoms with van der Waals surface area (Å²) in [5, 5.41) is 0. The number of ether oxygens (including phenoxy) is 3. The van der Waals surface area contributed by atoms with Crippen molar-refractivity contribution in [3.8, 4) is 0 Å². The minimum atomic E-state index is -0.808. The number of unbranched alkanes of at least 4 members (excludes halogenated alkanes) is 23. The average molecular weight is 1150 g/mol. The van der Waals surface area contributed by atoms with Gasteiger partial charge in [0.05, 0.1) is 0 Å². The van der Waals surface area contributed by atoms with Gasteiger partial charge < -0.3 is 14.2 Å². The van der Waals surface area contributed by atoms with Gasteiger partial charge in [-0.15, -0.1) is 0 Å². The lowest BCUT2D eigenvalue weighted by molar-refractivity contribution is -0.167.